The van der Waals surface area contributed by atoms with Crippen molar-refractivity contribution >= 4 is 7.26 Å². The van der Waals surface area contributed by atoms with Gasteiger partial charge in [-0.2, -0.15) is 0 Å². The van der Waals surface area contributed by atoms with E-state index in [9.17, 15) is 0 Å². The van der Waals surface area contributed by atoms with Crippen LogP contribution in [0, 0.1) is 0 Å². The van der Waals surface area contributed by atoms with Gasteiger partial charge < -0.3 is 0 Å². The van der Waals surface area contributed by atoms with Gasteiger partial charge >= 0.3 is 0 Å². The lowest BCUT2D eigenvalue weighted by Gasteiger charge is -2.33. The van der Waals surface area contributed by atoms with Crippen molar-refractivity contribution in [1.82, 2.24) is 0 Å². The summed E-state index contributed by atoms with van der Waals surface area (Å²) in [6, 6.07) is 0. The average molecular weight is 231 g/mol. The van der Waals surface area contributed by atoms with Crippen molar-refractivity contribution in [1.29, 1.82) is 0 Å². The van der Waals surface area contributed by atoms with Crippen LogP contribution in [0.1, 0.15) is 66.2 Å². The zero-order chi connectivity index (χ0) is 11.6. The summed E-state index contributed by atoms with van der Waals surface area (Å²) in [6.07, 6.45) is 14.8. The third-order valence-corrected chi connectivity index (χ3v) is 9.29. The third-order valence-electron chi connectivity index (χ3n) is 4.00. The number of rotatable bonds is 10. The van der Waals surface area contributed by atoms with Gasteiger partial charge in [-0.25, -0.2) is 0 Å². The van der Waals surface area contributed by atoms with Crippen molar-refractivity contribution in [3.8, 4) is 0 Å². The highest BCUT2D eigenvalue weighted by atomic mass is 31.2. The molecule has 0 aromatic carbocycles. The quantitative estimate of drug-likeness (QED) is 0.347. The Hall–Kier alpha value is 0.430. The Bertz CT molecular complexity index is 119. The smallest absolute Gasteiger partial charge is 0.0359 e. The lowest BCUT2D eigenvalue weighted by Crippen LogP contribution is -2.07. The van der Waals surface area contributed by atoms with Gasteiger partial charge in [-0.05, 0) is 31.1 Å². The summed E-state index contributed by atoms with van der Waals surface area (Å²) in [5.41, 5.74) is 0. The average Bonchev–Trinajstić information content (AvgIpc) is 2.29. The van der Waals surface area contributed by atoms with E-state index in [4.69, 9.17) is 0 Å². The molecule has 0 atom stereocenters. The van der Waals surface area contributed by atoms with E-state index < -0.39 is 7.26 Å². The fourth-order valence-corrected chi connectivity index (χ4v) is 5.56. The minimum atomic E-state index is -0.494. The molecule has 0 aromatic rings. The van der Waals surface area contributed by atoms with E-state index in [0.29, 0.717) is 0 Å². The predicted molar refractivity (Wildman–Crippen MR) is 76.8 cm³/mol. The molecule has 0 saturated carbocycles. The number of unbranched alkanes of at least 4 members (excludes halogenated alkanes) is 5. The zero-order valence-corrected chi connectivity index (χ0v) is 12.4. The number of hydrogen-bond acceptors (Lipinski definition) is 0. The first kappa shape index (κ1) is 15.4. The molecule has 0 saturated heterocycles. The van der Waals surface area contributed by atoms with Crippen molar-refractivity contribution in [3.05, 3.63) is 0 Å². The predicted octanol–water partition coefficient (Wildman–Crippen LogP) is 5.42. The Morgan fingerprint density at radius 2 is 1.07 bits per heavy atom. The standard InChI is InChI=1S/C14H32P/c1-5-9-10-11-12-13-14-15(6-2,7-3)8-4/h5-14H2,1-4H3. The molecule has 0 aliphatic rings. The van der Waals surface area contributed by atoms with Gasteiger partial charge in [-0.15, -0.1) is 7.26 Å². The van der Waals surface area contributed by atoms with Crippen LogP contribution in [0.3, 0.4) is 0 Å². The second-order valence-corrected chi connectivity index (χ2v) is 9.81. The van der Waals surface area contributed by atoms with E-state index in [1.165, 1.54) is 57.0 Å². The summed E-state index contributed by atoms with van der Waals surface area (Å²) in [5.74, 6) is 0. The summed E-state index contributed by atoms with van der Waals surface area (Å²) in [4.78, 5) is 0. The highest BCUT2D eigenvalue weighted by Crippen LogP contribution is 2.58. The first-order chi connectivity index (χ1) is 7.24. The molecule has 0 aliphatic heterocycles. The van der Waals surface area contributed by atoms with Crippen molar-refractivity contribution < 1.29 is 0 Å². The van der Waals surface area contributed by atoms with Crippen molar-refractivity contribution in [2.24, 2.45) is 0 Å². The molecule has 0 aliphatic carbocycles. The molecule has 0 N–H and O–H groups in total. The molecular formula is C14H32P. The van der Waals surface area contributed by atoms with Gasteiger partial charge in [0.05, 0.1) is 0 Å². The van der Waals surface area contributed by atoms with E-state index in [-0.39, 0.29) is 0 Å². The lowest BCUT2D eigenvalue weighted by molar-refractivity contribution is 0.625. The molecule has 93 valence electrons. The Morgan fingerprint density at radius 3 is 1.53 bits per heavy atom. The van der Waals surface area contributed by atoms with E-state index in [2.05, 4.69) is 27.7 Å². The highest BCUT2D eigenvalue weighted by molar-refractivity contribution is 7.75. The molecule has 0 fully saturated rings. The normalized spacial score (nSPS) is 12.0. The Morgan fingerprint density at radius 1 is 0.600 bits per heavy atom. The van der Waals surface area contributed by atoms with Crippen LogP contribution >= 0.6 is 7.26 Å². The molecule has 0 unspecified atom stereocenters. The molecule has 0 aromatic heterocycles. The Balaban J connectivity index is 3.54. The molecule has 0 nitrogen and oxygen atoms in total. The Kier molecular flexibility index (Phi) is 9.92. The first-order valence-electron chi connectivity index (χ1n) is 7.09. The first-order valence-corrected chi connectivity index (χ1v) is 9.62. The summed E-state index contributed by atoms with van der Waals surface area (Å²) in [6.45, 7) is 9.54. The van der Waals surface area contributed by atoms with Gasteiger partial charge in [0.15, 0.2) is 0 Å². The van der Waals surface area contributed by atoms with Crippen LogP contribution in [0.5, 0.6) is 0 Å². The van der Waals surface area contributed by atoms with Crippen molar-refractivity contribution in [2.75, 3.05) is 24.6 Å². The Labute approximate surface area is 98.6 Å². The van der Waals surface area contributed by atoms with E-state index >= 15 is 0 Å². The molecule has 0 bridgehead atoms. The largest absolute Gasteiger partial charge is 0.126 e. The van der Waals surface area contributed by atoms with E-state index in [1.807, 2.05) is 0 Å². The molecule has 15 heavy (non-hydrogen) atoms. The fraction of sp³-hybridized carbons (Fsp3) is 1.00. The van der Waals surface area contributed by atoms with Crippen LogP contribution in [0.25, 0.3) is 0 Å². The summed E-state index contributed by atoms with van der Waals surface area (Å²) in [7, 11) is -0.494. The molecule has 0 heterocycles. The van der Waals surface area contributed by atoms with Crippen LogP contribution in [-0.4, -0.2) is 24.6 Å². The minimum absolute atomic E-state index is 0.494. The summed E-state index contributed by atoms with van der Waals surface area (Å²) < 4.78 is 0. The number of hydrogen-bond donors (Lipinski definition) is 0. The van der Waals surface area contributed by atoms with Crippen LogP contribution < -0.4 is 0 Å². The molecule has 0 spiro atoms. The molecular weight excluding hydrogens is 199 g/mol. The van der Waals surface area contributed by atoms with Crippen molar-refractivity contribution in [2.45, 2.75) is 66.2 Å². The van der Waals surface area contributed by atoms with Gasteiger partial charge in [0.25, 0.3) is 0 Å². The highest BCUT2D eigenvalue weighted by Gasteiger charge is 2.19. The van der Waals surface area contributed by atoms with Crippen LogP contribution in [0.4, 0.5) is 0 Å². The SMILES string of the molecule is CCCCCCCC[P](CC)(CC)CC. The maximum Gasteiger partial charge on any atom is -0.0359 e. The van der Waals surface area contributed by atoms with Crippen LogP contribution in [0.2, 0.25) is 0 Å². The molecule has 1 heteroatoms. The van der Waals surface area contributed by atoms with Crippen molar-refractivity contribution in [3.63, 3.8) is 0 Å². The second kappa shape index (κ2) is 9.64. The monoisotopic (exact) mass is 231 g/mol. The van der Waals surface area contributed by atoms with Crippen LogP contribution in [-0.2, 0) is 0 Å². The molecule has 1 radical (unpaired) electrons. The third kappa shape index (κ3) is 6.56. The zero-order valence-electron chi connectivity index (χ0n) is 11.5. The summed E-state index contributed by atoms with van der Waals surface area (Å²) >= 11 is 0. The lowest BCUT2D eigenvalue weighted by atomic mass is 10.1. The fourth-order valence-electron chi connectivity index (χ4n) is 2.37. The van der Waals surface area contributed by atoms with E-state index in [1.54, 1.807) is 6.16 Å². The van der Waals surface area contributed by atoms with Gasteiger partial charge in [0, 0.05) is 0 Å². The van der Waals surface area contributed by atoms with Crippen LogP contribution in [0.15, 0.2) is 0 Å². The minimum Gasteiger partial charge on any atom is -0.126 e. The maximum absolute atomic E-state index is 2.41. The van der Waals surface area contributed by atoms with Gasteiger partial charge in [0.1, 0.15) is 0 Å². The maximum atomic E-state index is 2.41. The summed E-state index contributed by atoms with van der Waals surface area (Å²) in [5, 5.41) is 0. The van der Waals surface area contributed by atoms with E-state index in [0.717, 1.165) is 0 Å². The van der Waals surface area contributed by atoms with Gasteiger partial charge in [-0.3, -0.25) is 0 Å². The molecule has 0 rings (SSSR count). The molecule has 0 amide bonds. The second-order valence-electron chi connectivity index (χ2n) is 4.78. The van der Waals surface area contributed by atoms with Gasteiger partial charge in [-0.1, -0.05) is 59.8 Å². The topological polar surface area (TPSA) is 0 Å². The van der Waals surface area contributed by atoms with Gasteiger partial charge in [0.2, 0.25) is 0 Å².